The molecule has 0 unspecified atom stereocenters. The minimum atomic E-state index is -0.344. The maximum absolute atomic E-state index is 13.2. The lowest BCUT2D eigenvalue weighted by Gasteiger charge is -1.99. The molecule has 1 aromatic heterocycles. The van der Waals surface area contributed by atoms with Crippen LogP contribution in [0.5, 0.6) is 0 Å². The van der Waals surface area contributed by atoms with Crippen molar-refractivity contribution >= 4 is 37.5 Å². The van der Waals surface area contributed by atoms with Crippen molar-refractivity contribution in [1.29, 1.82) is 0 Å². The van der Waals surface area contributed by atoms with Crippen LogP contribution >= 0.6 is 31.9 Å². The van der Waals surface area contributed by atoms with Gasteiger partial charge in [-0.15, -0.1) is 0 Å². The second-order valence-electron chi connectivity index (χ2n) is 4.29. The highest BCUT2D eigenvalue weighted by molar-refractivity contribution is 9.10. The van der Waals surface area contributed by atoms with Crippen molar-refractivity contribution in [3.8, 4) is 22.8 Å². The number of hydrogen-bond acceptors (Lipinski definition) is 4. The Balaban J connectivity index is 1.99. The van der Waals surface area contributed by atoms with E-state index >= 15 is 0 Å². The van der Waals surface area contributed by atoms with Crippen LogP contribution in [0.2, 0.25) is 0 Å². The summed E-state index contributed by atoms with van der Waals surface area (Å²) in [6.45, 7) is 0. The molecule has 1 heterocycles. The van der Waals surface area contributed by atoms with Crippen LogP contribution in [-0.4, -0.2) is 10.1 Å². The summed E-state index contributed by atoms with van der Waals surface area (Å²) in [5.41, 5.74) is 7.78. The van der Waals surface area contributed by atoms with E-state index in [1.165, 1.54) is 6.07 Å². The topological polar surface area (TPSA) is 64.9 Å². The number of benzene rings is 2. The Kier molecular flexibility index (Phi) is 3.77. The minimum Gasteiger partial charge on any atom is -0.398 e. The zero-order chi connectivity index (χ0) is 15.0. The van der Waals surface area contributed by atoms with Gasteiger partial charge in [0.1, 0.15) is 5.82 Å². The van der Waals surface area contributed by atoms with E-state index in [1.54, 1.807) is 18.2 Å². The fraction of sp³-hybridized carbons (Fsp3) is 0. The van der Waals surface area contributed by atoms with Gasteiger partial charge in [-0.05, 0) is 68.3 Å². The van der Waals surface area contributed by atoms with Crippen LogP contribution in [0.15, 0.2) is 49.9 Å². The van der Waals surface area contributed by atoms with Gasteiger partial charge in [-0.1, -0.05) is 5.16 Å². The minimum absolute atomic E-state index is 0.344. The molecular weight excluding hydrogens is 405 g/mol. The molecule has 0 amide bonds. The largest absolute Gasteiger partial charge is 0.398 e. The molecule has 2 aromatic carbocycles. The first-order valence-corrected chi connectivity index (χ1v) is 7.48. The van der Waals surface area contributed by atoms with Gasteiger partial charge in [0.25, 0.3) is 5.89 Å². The number of nitrogens with zero attached hydrogens (tertiary/aromatic N) is 2. The number of aromatic nitrogens is 2. The highest BCUT2D eigenvalue weighted by atomic mass is 79.9. The summed E-state index contributed by atoms with van der Waals surface area (Å²) in [5.74, 6) is 0.389. The number of nitrogens with two attached hydrogens (primary N) is 1. The molecular formula is C14H8Br2FN3O. The third kappa shape index (κ3) is 2.84. The van der Waals surface area contributed by atoms with E-state index < -0.39 is 0 Å². The van der Waals surface area contributed by atoms with Gasteiger partial charge in [-0.25, -0.2) is 4.39 Å². The van der Waals surface area contributed by atoms with Gasteiger partial charge < -0.3 is 10.3 Å². The van der Waals surface area contributed by atoms with Crippen LogP contribution in [0.4, 0.5) is 10.1 Å². The molecule has 3 rings (SSSR count). The molecule has 106 valence electrons. The van der Waals surface area contributed by atoms with Crippen LogP contribution in [0.25, 0.3) is 22.8 Å². The number of nitrogen functional groups attached to an aromatic ring is 1. The van der Waals surface area contributed by atoms with E-state index in [0.29, 0.717) is 27.4 Å². The van der Waals surface area contributed by atoms with Crippen LogP contribution in [0, 0.1) is 5.82 Å². The molecule has 0 aliphatic rings. The Morgan fingerprint density at radius 2 is 1.76 bits per heavy atom. The van der Waals surface area contributed by atoms with Gasteiger partial charge in [0.2, 0.25) is 5.82 Å². The van der Waals surface area contributed by atoms with E-state index in [9.17, 15) is 4.39 Å². The molecule has 0 saturated carbocycles. The first-order valence-electron chi connectivity index (χ1n) is 5.89. The lowest BCUT2D eigenvalue weighted by atomic mass is 10.2. The number of hydrogen-bond donors (Lipinski definition) is 1. The zero-order valence-corrected chi connectivity index (χ0v) is 13.7. The Bertz CT molecular complexity index is 754. The molecule has 0 atom stereocenters. The van der Waals surface area contributed by atoms with Gasteiger partial charge in [-0.2, -0.15) is 4.98 Å². The molecule has 0 aliphatic carbocycles. The van der Waals surface area contributed by atoms with Crippen LogP contribution in [0.1, 0.15) is 0 Å². The summed E-state index contributed by atoms with van der Waals surface area (Å²) in [6.07, 6.45) is 0. The number of anilines is 1. The molecule has 0 saturated heterocycles. The van der Waals surface area contributed by atoms with Crippen LogP contribution in [-0.2, 0) is 0 Å². The maximum Gasteiger partial charge on any atom is 0.258 e. The third-order valence-corrected chi connectivity index (χ3v) is 4.18. The van der Waals surface area contributed by atoms with Crippen LogP contribution in [0.3, 0.4) is 0 Å². The fourth-order valence-corrected chi connectivity index (χ4v) is 2.40. The lowest BCUT2D eigenvalue weighted by Crippen LogP contribution is -1.88. The van der Waals surface area contributed by atoms with E-state index in [1.807, 2.05) is 12.1 Å². The standard InChI is InChI=1S/C14H8Br2FN3O/c15-9-3-1-8(6-12(9)18)14-19-13(20-21-14)7-2-4-11(17)10(16)5-7/h1-6H,18H2. The van der Waals surface area contributed by atoms with Gasteiger partial charge in [0.05, 0.1) is 4.47 Å². The normalized spacial score (nSPS) is 10.8. The van der Waals surface area contributed by atoms with Crippen molar-refractivity contribution in [1.82, 2.24) is 10.1 Å². The average molecular weight is 413 g/mol. The third-order valence-electron chi connectivity index (χ3n) is 2.85. The highest BCUT2D eigenvalue weighted by Crippen LogP contribution is 2.28. The van der Waals surface area contributed by atoms with Crippen molar-refractivity contribution in [2.45, 2.75) is 0 Å². The Hall–Kier alpha value is -1.73. The Morgan fingerprint density at radius 3 is 2.48 bits per heavy atom. The molecule has 7 heteroatoms. The van der Waals surface area contributed by atoms with Crippen molar-refractivity contribution in [2.75, 3.05) is 5.73 Å². The fourth-order valence-electron chi connectivity index (χ4n) is 1.77. The summed E-state index contributed by atoms with van der Waals surface area (Å²) in [6, 6.07) is 9.89. The first kappa shape index (κ1) is 14.2. The number of rotatable bonds is 2. The van der Waals surface area contributed by atoms with Gasteiger partial charge >= 0.3 is 0 Å². The second-order valence-corrected chi connectivity index (χ2v) is 6.00. The van der Waals surface area contributed by atoms with E-state index in [0.717, 1.165) is 10.0 Å². The first-order chi connectivity index (χ1) is 10.0. The number of halogens is 3. The lowest BCUT2D eigenvalue weighted by molar-refractivity contribution is 0.432. The summed E-state index contributed by atoms with van der Waals surface area (Å²) >= 11 is 6.46. The summed E-state index contributed by atoms with van der Waals surface area (Å²) in [7, 11) is 0. The van der Waals surface area contributed by atoms with Gasteiger partial charge in [0, 0.05) is 21.3 Å². The van der Waals surface area contributed by atoms with E-state index in [4.69, 9.17) is 10.3 Å². The predicted molar refractivity (Wildman–Crippen MR) is 84.9 cm³/mol. The average Bonchev–Trinajstić information content (AvgIpc) is 2.94. The van der Waals surface area contributed by atoms with E-state index in [2.05, 4.69) is 42.0 Å². The predicted octanol–water partition coefficient (Wildman–Crippen LogP) is 4.65. The van der Waals surface area contributed by atoms with Crippen LogP contribution < -0.4 is 5.73 Å². The Labute approximate surface area is 136 Å². The molecule has 2 N–H and O–H groups in total. The van der Waals surface area contributed by atoms with Crippen molar-refractivity contribution in [2.24, 2.45) is 0 Å². The van der Waals surface area contributed by atoms with Crippen molar-refractivity contribution < 1.29 is 8.91 Å². The van der Waals surface area contributed by atoms with Gasteiger partial charge in [0.15, 0.2) is 0 Å². The molecule has 0 aliphatic heterocycles. The smallest absolute Gasteiger partial charge is 0.258 e. The second kappa shape index (κ2) is 5.57. The van der Waals surface area contributed by atoms with Crippen molar-refractivity contribution in [3.05, 3.63) is 51.2 Å². The quantitative estimate of drug-likeness (QED) is 0.622. The molecule has 4 nitrogen and oxygen atoms in total. The summed E-state index contributed by atoms with van der Waals surface area (Å²) in [4.78, 5) is 4.30. The summed E-state index contributed by atoms with van der Waals surface area (Å²) in [5, 5.41) is 3.90. The SMILES string of the molecule is Nc1cc(-c2nc(-c3ccc(F)c(Br)c3)no2)ccc1Br. The molecule has 0 spiro atoms. The summed E-state index contributed by atoms with van der Waals surface area (Å²) < 4.78 is 19.6. The molecule has 3 aromatic rings. The zero-order valence-electron chi connectivity index (χ0n) is 10.5. The highest BCUT2D eigenvalue weighted by Gasteiger charge is 2.12. The molecule has 0 radical (unpaired) electrons. The van der Waals surface area contributed by atoms with E-state index in [-0.39, 0.29) is 5.82 Å². The van der Waals surface area contributed by atoms with Gasteiger partial charge in [-0.3, -0.25) is 0 Å². The Morgan fingerprint density at radius 1 is 1.00 bits per heavy atom. The maximum atomic E-state index is 13.2. The van der Waals surface area contributed by atoms with Crippen molar-refractivity contribution in [3.63, 3.8) is 0 Å². The molecule has 0 fully saturated rings. The molecule has 21 heavy (non-hydrogen) atoms. The monoisotopic (exact) mass is 411 g/mol. The molecule has 0 bridgehead atoms.